The number of nitro groups is 1. The number of carbonyl (C=O) groups is 1. The standard InChI is InChI=1S/C15H9Cl2N5O3S/c16-9-3-6-12(11(17)7-9)18-14(23)19-15-21-20-13(26-15)8-1-4-10(5-2-8)22(24)25/h1-7H,(H2,18,19,21,23). The first-order valence-electron chi connectivity index (χ1n) is 7.04. The van der Waals surface area contributed by atoms with E-state index in [-0.39, 0.29) is 10.8 Å². The molecule has 0 fully saturated rings. The van der Waals surface area contributed by atoms with Crippen LogP contribution < -0.4 is 10.6 Å². The lowest BCUT2D eigenvalue weighted by atomic mass is 10.2. The Hall–Kier alpha value is -2.75. The second kappa shape index (κ2) is 7.65. The van der Waals surface area contributed by atoms with E-state index in [1.54, 1.807) is 24.3 Å². The van der Waals surface area contributed by atoms with Gasteiger partial charge in [-0.05, 0) is 30.3 Å². The van der Waals surface area contributed by atoms with E-state index in [9.17, 15) is 14.9 Å². The Labute approximate surface area is 160 Å². The molecule has 3 aromatic rings. The van der Waals surface area contributed by atoms with Gasteiger partial charge in [0.2, 0.25) is 5.13 Å². The minimum absolute atomic E-state index is 0.0177. The molecule has 132 valence electrons. The van der Waals surface area contributed by atoms with Crippen molar-refractivity contribution in [2.45, 2.75) is 0 Å². The summed E-state index contributed by atoms with van der Waals surface area (Å²) in [4.78, 5) is 22.2. The molecule has 0 saturated heterocycles. The molecule has 3 rings (SSSR count). The van der Waals surface area contributed by atoms with Gasteiger partial charge in [-0.15, -0.1) is 10.2 Å². The molecule has 0 atom stereocenters. The molecule has 0 unspecified atom stereocenters. The molecule has 0 spiro atoms. The van der Waals surface area contributed by atoms with Crippen LogP contribution in [-0.4, -0.2) is 21.2 Å². The van der Waals surface area contributed by atoms with Crippen molar-refractivity contribution < 1.29 is 9.72 Å². The van der Waals surface area contributed by atoms with Crippen molar-refractivity contribution >= 4 is 57.1 Å². The molecular formula is C15H9Cl2N5O3S. The molecule has 26 heavy (non-hydrogen) atoms. The normalized spacial score (nSPS) is 10.4. The van der Waals surface area contributed by atoms with Gasteiger partial charge < -0.3 is 5.32 Å². The number of nitrogens with one attached hydrogen (secondary N) is 2. The van der Waals surface area contributed by atoms with E-state index in [4.69, 9.17) is 23.2 Å². The number of aromatic nitrogens is 2. The number of urea groups is 1. The molecule has 2 amide bonds. The van der Waals surface area contributed by atoms with E-state index in [0.29, 0.717) is 26.3 Å². The monoisotopic (exact) mass is 409 g/mol. The smallest absolute Gasteiger partial charge is 0.306 e. The van der Waals surface area contributed by atoms with Crippen molar-refractivity contribution in [2.75, 3.05) is 10.6 Å². The molecule has 1 aromatic heterocycles. The summed E-state index contributed by atoms with van der Waals surface area (Å²) >= 11 is 12.9. The number of non-ortho nitro benzene ring substituents is 1. The van der Waals surface area contributed by atoms with Gasteiger partial charge >= 0.3 is 6.03 Å². The molecule has 8 nitrogen and oxygen atoms in total. The van der Waals surface area contributed by atoms with Crippen molar-refractivity contribution in [1.29, 1.82) is 0 Å². The lowest BCUT2D eigenvalue weighted by Gasteiger charge is -2.07. The van der Waals surface area contributed by atoms with Crippen LogP contribution in [0.3, 0.4) is 0 Å². The van der Waals surface area contributed by atoms with E-state index >= 15 is 0 Å². The molecule has 2 aromatic carbocycles. The van der Waals surface area contributed by atoms with E-state index in [2.05, 4.69) is 20.8 Å². The number of hydrogen-bond acceptors (Lipinski definition) is 6. The second-order valence-corrected chi connectivity index (χ2v) is 6.74. The number of halogens is 2. The number of rotatable bonds is 4. The van der Waals surface area contributed by atoms with Crippen molar-refractivity contribution in [1.82, 2.24) is 10.2 Å². The highest BCUT2D eigenvalue weighted by Gasteiger charge is 2.12. The Morgan fingerprint density at radius 1 is 1.08 bits per heavy atom. The molecule has 2 N–H and O–H groups in total. The lowest BCUT2D eigenvalue weighted by molar-refractivity contribution is -0.384. The van der Waals surface area contributed by atoms with Gasteiger partial charge in [0.05, 0.1) is 15.6 Å². The first kappa shape index (κ1) is 18.1. The van der Waals surface area contributed by atoms with Gasteiger partial charge in [-0.1, -0.05) is 34.5 Å². The summed E-state index contributed by atoms with van der Waals surface area (Å²) in [5, 5.41) is 25.2. The van der Waals surface area contributed by atoms with Crippen molar-refractivity contribution in [3.8, 4) is 10.6 Å². The fourth-order valence-corrected chi connectivity index (χ4v) is 3.16. The van der Waals surface area contributed by atoms with Crippen LogP contribution in [-0.2, 0) is 0 Å². The zero-order valence-electron chi connectivity index (χ0n) is 12.8. The average molecular weight is 410 g/mol. The molecule has 1 heterocycles. The summed E-state index contributed by atoms with van der Waals surface area (Å²) in [5.41, 5.74) is 1.03. The summed E-state index contributed by atoms with van der Waals surface area (Å²) in [6, 6.07) is 10.0. The van der Waals surface area contributed by atoms with Crippen LogP contribution in [0.1, 0.15) is 0 Å². The largest absolute Gasteiger partial charge is 0.325 e. The third-order valence-corrected chi connectivity index (χ3v) is 4.59. The van der Waals surface area contributed by atoms with Crippen LogP contribution in [0.15, 0.2) is 42.5 Å². The third kappa shape index (κ3) is 4.26. The minimum Gasteiger partial charge on any atom is -0.306 e. The maximum Gasteiger partial charge on any atom is 0.325 e. The zero-order chi connectivity index (χ0) is 18.7. The van der Waals surface area contributed by atoms with Gasteiger partial charge in [-0.3, -0.25) is 15.4 Å². The van der Waals surface area contributed by atoms with E-state index < -0.39 is 11.0 Å². The summed E-state index contributed by atoms with van der Waals surface area (Å²) in [7, 11) is 0. The van der Waals surface area contributed by atoms with Gasteiger partial charge in [0.1, 0.15) is 5.01 Å². The number of carbonyl (C=O) groups excluding carboxylic acids is 1. The maximum atomic E-state index is 12.0. The first-order valence-corrected chi connectivity index (χ1v) is 8.61. The van der Waals surface area contributed by atoms with Crippen LogP contribution in [0.25, 0.3) is 10.6 Å². The molecule has 0 aliphatic rings. The Kier molecular flexibility index (Phi) is 5.31. The van der Waals surface area contributed by atoms with E-state index in [1.165, 1.54) is 18.2 Å². The van der Waals surface area contributed by atoms with Gasteiger partial charge in [0.15, 0.2) is 0 Å². The van der Waals surface area contributed by atoms with E-state index in [0.717, 1.165) is 11.3 Å². The number of hydrogen-bond donors (Lipinski definition) is 2. The maximum absolute atomic E-state index is 12.0. The first-order chi connectivity index (χ1) is 12.4. The zero-order valence-corrected chi connectivity index (χ0v) is 15.1. The molecule has 11 heteroatoms. The van der Waals surface area contributed by atoms with Crippen LogP contribution in [0.2, 0.25) is 10.0 Å². The highest BCUT2D eigenvalue weighted by molar-refractivity contribution is 7.18. The fourth-order valence-electron chi connectivity index (χ4n) is 1.96. The number of nitrogens with zero attached hydrogens (tertiary/aromatic N) is 3. The van der Waals surface area contributed by atoms with Crippen molar-refractivity contribution in [3.05, 3.63) is 62.6 Å². The van der Waals surface area contributed by atoms with Crippen molar-refractivity contribution in [2.24, 2.45) is 0 Å². The summed E-state index contributed by atoms with van der Waals surface area (Å²) in [5.74, 6) is 0. The molecule has 0 aliphatic heterocycles. The fraction of sp³-hybridized carbons (Fsp3) is 0. The number of benzene rings is 2. The van der Waals surface area contributed by atoms with Crippen LogP contribution in [0, 0.1) is 10.1 Å². The lowest BCUT2D eigenvalue weighted by Crippen LogP contribution is -2.19. The van der Waals surface area contributed by atoms with Gasteiger partial charge in [-0.25, -0.2) is 4.79 Å². The predicted octanol–water partition coefficient (Wildman–Crippen LogP) is 5.06. The van der Waals surface area contributed by atoms with Crippen molar-refractivity contribution in [3.63, 3.8) is 0 Å². The molecule has 0 aliphatic carbocycles. The Morgan fingerprint density at radius 2 is 1.81 bits per heavy atom. The molecule has 0 saturated carbocycles. The SMILES string of the molecule is O=C(Nc1nnc(-c2ccc([N+](=O)[O-])cc2)s1)Nc1ccc(Cl)cc1Cl. The number of amides is 2. The highest BCUT2D eigenvalue weighted by Crippen LogP contribution is 2.28. The average Bonchev–Trinajstić information content (AvgIpc) is 3.06. The quantitative estimate of drug-likeness (QED) is 0.461. The summed E-state index contributed by atoms with van der Waals surface area (Å²) < 4.78 is 0. The Morgan fingerprint density at radius 3 is 2.46 bits per heavy atom. The molecule has 0 bridgehead atoms. The number of nitro benzene ring substituents is 1. The van der Waals surface area contributed by atoms with E-state index in [1.807, 2.05) is 0 Å². The Bertz CT molecular complexity index is 978. The predicted molar refractivity (Wildman–Crippen MR) is 101 cm³/mol. The van der Waals surface area contributed by atoms with Crippen LogP contribution in [0.4, 0.5) is 21.3 Å². The van der Waals surface area contributed by atoms with Gasteiger partial charge in [-0.2, -0.15) is 0 Å². The van der Waals surface area contributed by atoms with Crippen LogP contribution in [0.5, 0.6) is 0 Å². The summed E-state index contributed by atoms with van der Waals surface area (Å²) in [6.07, 6.45) is 0. The highest BCUT2D eigenvalue weighted by atomic mass is 35.5. The summed E-state index contributed by atoms with van der Waals surface area (Å²) in [6.45, 7) is 0. The topological polar surface area (TPSA) is 110 Å². The second-order valence-electron chi connectivity index (χ2n) is 4.92. The van der Waals surface area contributed by atoms with Gasteiger partial charge in [0, 0.05) is 22.7 Å². The third-order valence-electron chi connectivity index (χ3n) is 3.15. The minimum atomic E-state index is -0.541. The van der Waals surface area contributed by atoms with Gasteiger partial charge in [0.25, 0.3) is 5.69 Å². The number of anilines is 2. The molecule has 0 radical (unpaired) electrons. The molecular weight excluding hydrogens is 401 g/mol. The Balaban J connectivity index is 1.67. The van der Waals surface area contributed by atoms with Crippen LogP contribution >= 0.6 is 34.5 Å².